The van der Waals surface area contributed by atoms with Crippen LogP contribution in [-0.4, -0.2) is 36.4 Å². The smallest absolute Gasteiger partial charge is 0.298 e. The van der Waals surface area contributed by atoms with Crippen molar-refractivity contribution < 1.29 is 18.4 Å². The molecule has 8 heteroatoms. The third-order valence-electron chi connectivity index (χ3n) is 6.00. The lowest BCUT2D eigenvalue weighted by Crippen LogP contribution is -2.38. The van der Waals surface area contributed by atoms with Crippen LogP contribution in [0.5, 0.6) is 0 Å². The van der Waals surface area contributed by atoms with Crippen LogP contribution in [0.4, 0.5) is 21.8 Å². The van der Waals surface area contributed by atoms with Crippen LogP contribution in [-0.2, 0) is 9.59 Å². The van der Waals surface area contributed by atoms with Gasteiger partial charge in [0.05, 0.1) is 5.69 Å². The zero-order valence-corrected chi connectivity index (χ0v) is 17.0. The van der Waals surface area contributed by atoms with E-state index in [1.807, 2.05) is 29.2 Å². The van der Waals surface area contributed by atoms with Crippen LogP contribution in [0.25, 0.3) is 11.1 Å². The fourth-order valence-corrected chi connectivity index (χ4v) is 4.28. The summed E-state index contributed by atoms with van der Waals surface area (Å²) in [6, 6.07) is 12.7. The van der Waals surface area contributed by atoms with Gasteiger partial charge < -0.3 is 19.5 Å². The van der Waals surface area contributed by atoms with Gasteiger partial charge in [-0.3, -0.25) is 9.59 Å². The average molecular weight is 422 g/mol. The molecule has 3 aromatic rings. The van der Waals surface area contributed by atoms with Crippen LogP contribution >= 0.6 is 0 Å². The first kappa shape index (κ1) is 19.5. The number of aromatic nitrogens is 1. The molecule has 2 saturated heterocycles. The minimum absolute atomic E-state index is 0.0682. The normalized spacial score (nSPS) is 17.5. The predicted octanol–water partition coefficient (Wildman–Crippen LogP) is 3.95. The van der Waals surface area contributed by atoms with Crippen molar-refractivity contribution >= 4 is 40.3 Å². The molecular formula is C23H23FN4O3. The van der Waals surface area contributed by atoms with E-state index in [1.165, 1.54) is 11.0 Å². The minimum atomic E-state index is -0.501. The van der Waals surface area contributed by atoms with Crippen LogP contribution in [0.2, 0.25) is 0 Å². The second-order valence-electron chi connectivity index (χ2n) is 8.03. The number of piperidine rings is 1. The highest BCUT2D eigenvalue weighted by atomic mass is 19.1. The summed E-state index contributed by atoms with van der Waals surface area (Å²) in [6.07, 6.45) is 2.50. The molecule has 2 aliphatic heterocycles. The Morgan fingerprint density at radius 1 is 1.13 bits per heavy atom. The second-order valence-corrected chi connectivity index (χ2v) is 8.03. The molecule has 0 aliphatic carbocycles. The van der Waals surface area contributed by atoms with Crippen LogP contribution in [0.1, 0.15) is 25.7 Å². The lowest BCUT2D eigenvalue weighted by Gasteiger charge is -2.30. The standard InChI is InChI=1S/C23H23FN4O3/c24-17-14-16(7-8-19(17)28-11-3-6-21(28)29)25-22(30)15-9-12-27(13-10-15)23-26-18-4-1-2-5-20(18)31-23/h1-2,4-5,7-8,14-15H,3,6,9-13H2,(H,25,30). The first-order chi connectivity index (χ1) is 15.1. The fourth-order valence-electron chi connectivity index (χ4n) is 4.28. The first-order valence-corrected chi connectivity index (χ1v) is 10.6. The number of oxazole rings is 1. The summed E-state index contributed by atoms with van der Waals surface area (Å²) in [4.78, 5) is 32.6. The third kappa shape index (κ3) is 3.85. The van der Waals surface area contributed by atoms with Gasteiger partial charge in [0.15, 0.2) is 5.58 Å². The van der Waals surface area contributed by atoms with Crippen LogP contribution in [0.15, 0.2) is 46.9 Å². The number of benzene rings is 2. The number of halogens is 1. The van der Waals surface area contributed by atoms with Gasteiger partial charge in [0.25, 0.3) is 6.01 Å². The number of rotatable bonds is 4. The molecule has 5 rings (SSSR count). The number of nitrogens with one attached hydrogen (secondary N) is 1. The van der Waals surface area contributed by atoms with E-state index in [1.54, 1.807) is 12.1 Å². The van der Waals surface area contributed by atoms with Crippen molar-refractivity contribution in [2.45, 2.75) is 25.7 Å². The summed E-state index contributed by atoms with van der Waals surface area (Å²) in [5, 5.41) is 2.82. The van der Waals surface area contributed by atoms with Gasteiger partial charge >= 0.3 is 0 Å². The lowest BCUT2D eigenvalue weighted by molar-refractivity contribution is -0.120. The van der Waals surface area contributed by atoms with E-state index in [0.29, 0.717) is 50.6 Å². The van der Waals surface area contributed by atoms with Crippen molar-refractivity contribution in [1.82, 2.24) is 4.98 Å². The second kappa shape index (κ2) is 8.02. The van der Waals surface area contributed by atoms with Gasteiger partial charge in [-0.15, -0.1) is 0 Å². The Hall–Kier alpha value is -3.42. The molecule has 0 radical (unpaired) electrons. The number of anilines is 3. The molecular weight excluding hydrogens is 399 g/mol. The van der Waals surface area contributed by atoms with E-state index in [-0.39, 0.29) is 23.4 Å². The molecule has 1 N–H and O–H groups in total. The molecule has 0 spiro atoms. The number of nitrogens with zero attached hydrogens (tertiary/aromatic N) is 3. The predicted molar refractivity (Wildman–Crippen MR) is 116 cm³/mol. The summed E-state index contributed by atoms with van der Waals surface area (Å²) < 4.78 is 20.3. The number of carbonyl (C=O) groups is 2. The Labute approximate surface area is 178 Å². The molecule has 0 unspecified atom stereocenters. The summed E-state index contributed by atoms with van der Waals surface area (Å²) >= 11 is 0. The maximum atomic E-state index is 14.5. The first-order valence-electron chi connectivity index (χ1n) is 10.6. The van der Waals surface area contributed by atoms with Crippen molar-refractivity contribution in [3.63, 3.8) is 0 Å². The van der Waals surface area contributed by atoms with E-state index in [9.17, 15) is 14.0 Å². The lowest BCUT2D eigenvalue weighted by atomic mass is 9.96. The Balaban J connectivity index is 1.20. The molecule has 2 fully saturated rings. The summed E-state index contributed by atoms with van der Waals surface area (Å²) in [5.74, 6) is -0.856. The largest absolute Gasteiger partial charge is 0.423 e. The van der Waals surface area contributed by atoms with Crippen molar-refractivity contribution in [3.05, 3.63) is 48.3 Å². The Morgan fingerprint density at radius 2 is 1.94 bits per heavy atom. The molecule has 160 valence electrons. The van der Waals surface area contributed by atoms with E-state index < -0.39 is 5.82 Å². The quantitative estimate of drug-likeness (QED) is 0.689. The summed E-state index contributed by atoms with van der Waals surface area (Å²) in [7, 11) is 0. The molecule has 2 aliphatic rings. The molecule has 1 aromatic heterocycles. The fraction of sp³-hybridized carbons (Fsp3) is 0.348. The molecule has 3 heterocycles. The molecule has 2 amide bonds. The number of para-hydroxylation sites is 2. The highest BCUT2D eigenvalue weighted by Crippen LogP contribution is 2.29. The van der Waals surface area contributed by atoms with Gasteiger partial charge in [0.1, 0.15) is 11.3 Å². The van der Waals surface area contributed by atoms with Crippen molar-refractivity contribution in [2.75, 3.05) is 34.8 Å². The van der Waals surface area contributed by atoms with Crippen molar-refractivity contribution in [2.24, 2.45) is 5.92 Å². The van der Waals surface area contributed by atoms with Crippen LogP contribution in [0, 0.1) is 11.7 Å². The average Bonchev–Trinajstić information content (AvgIpc) is 3.40. The van der Waals surface area contributed by atoms with E-state index in [0.717, 1.165) is 17.5 Å². The van der Waals surface area contributed by atoms with Gasteiger partial charge in [0, 0.05) is 37.7 Å². The minimum Gasteiger partial charge on any atom is -0.423 e. The van der Waals surface area contributed by atoms with Gasteiger partial charge in [0.2, 0.25) is 11.8 Å². The SMILES string of the molecule is O=C(Nc1ccc(N2CCCC2=O)c(F)c1)C1CCN(c2nc3ccccc3o2)CC1. The highest BCUT2D eigenvalue weighted by molar-refractivity contribution is 5.96. The zero-order chi connectivity index (χ0) is 21.4. The van der Waals surface area contributed by atoms with Crippen LogP contribution in [0.3, 0.4) is 0 Å². The Morgan fingerprint density at radius 3 is 2.65 bits per heavy atom. The third-order valence-corrected chi connectivity index (χ3v) is 6.00. The summed E-state index contributed by atoms with van der Waals surface area (Å²) in [6.45, 7) is 1.85. The summed E-state index contributed by atoms with van der Waals surface area (Å²) in [5.41, 5.74) is 2.24. The van der Waals surface area contributed by atoms with Crippen molar-refractivity contribution in [1.29, 1.82) is 0 Å². The zero-order valence-electron chi connectivity index (χ0n) is 17.0. The number of fused-ring (bicyclic) bond motifs is 1. The van der Waals surface area contributed by atoms with Gasteiger partial charge in [-0.2, -0.15) is 4.98 Å². The number of carbonyl (C=O) groups excluding carboxylic acids is 2. The Bertz CT molecular complexity index is 1100. The molecule has 7 nitrogen and oxygen atoms in total. The molecule has 2 aromatic carbocycles. The number of hydrogen-bond acceptors (Lipinski definition) is 5. The van der Waals surface area contributed by atoms with Gasteiger partial charge in [-0.1, -0.05) is 12.1 Å². The van der Waals surface area contributed by atoms with E-state index in [2.05, 4.69) is 10.3 Å². The molecule has 0 atom stereocenters. The molecule has 0 bridgehead atoms. The maximum absolute atomic E-state index is 14.5. The van der Waals surface area contributed by atoms with Crippen molar-refractivity contribution in [3.8, 4) is 0 Å². The number of hydrogen-bond donors (Lipinski definition) is 1. The monoisotopic (exact) mass is 422 g/mol. The topological polar surface area (TPSA) is 78.7 Å². The van der Waals surface area contributed by atoms with E-state index >= 15 is 0 Å². The molecule has 0 saturated carbocycles. The van der Waals surface area contributed by atoms with Crippen LogP contribution < -0.4 is 15.1 Å². The van der Waals surface area contributed by atoms with Gasteiger partial charge in [-0.25, -0.2) is 4.39 Å². The Kier molecular flexibility index (Phi) is 5.05. The highest BCUT2D eigenvalue weighted by Gasteiger charge is 2.28. The van der Waals surface area contributed by atoms with Gasteiger partial charge in [-0.05, 0) is 49.6 Å². The molecule has 31 heavy (non-hydrogen) atoms. The van der Waals surface area contributed by atoms with E-state index in [4.69, 9.17) is 4.42 Å². The number of amides is 2. The maximum Gasteiger partial charge on any atom is 0.298 e.